The fraction of sp³-hybridized carbons (Fsp3) is 0.538. The van der Waals surface area contributed by atoms with Gasteiger partial charge >= 0.3 is 5.97 Å². The number of hydrogen-bond acceptors (Lipinski definition) is 3. The van der Waals surface area contributed by atoms with E-state index in [2.05, 4.69) is 16.8 Å². The fourth-order valence-electron chi connectivity index (χ4n) is 1.88. The molecule has 1 saturated carbocycles. The zero-order valence-electron chi connectivity index (χ0n) is 10.1. The number of carboxylic acid groups (broad SMARTS) is 1. The number of aromatic nitrogens is 1. The molecule has 0 atom stereocenters. The Kier molecular flexibility index (Phi) is 3.61. The molecule has 0 aliphatic heterocycles. The van der Waals surface area contributed by atoms with Gasteiger partial charge in [0, 0.05) is 18.8 Å². The predicted octanol–water partition coefficient (Wildman–Crippen LogP) is 2.55. The number of unbranched alkanes of at least 4 members (excludes halogenated alkanes) is 1. The van der Waals surface area contributed by atoms with Crippen LogP contribution in [0.1, 0.15) is 43.0 Å². The van der Waals surface area contributed by atoms with Crippen LogP contribution in [0.25, 0.3) is 0 Å². The van der Waals surface area contributed by atoms with Crippen molar-refractivity contribution in [1.29, 1.82) is 0 Å². The van der Waals surface area contributed by atoms with Crippen molar-refractivity contribution in [2.45, 2.75) is 38.6 Å². The van der Waals surface area contributed by atoms with Crippen LogP contribution in [0.3, 0.4) is 0 Å². The Hall–Kier alpha value is -1.58. The number of nitrogens with zero attached hydrogens (tertiary/aromatic N) is 2. The first kappa shape index (κ1) is 11.9. The fourth-order valence-corrected chi connectivity index (χ4v) is 1.88. The molecule has 0 bridgehead atoms. The van der Waals surface area contributed by atoms with E-state index >= 15 is 0 Å². The van der Waals surface area contributed by atoms with Crippen LogP contribution in [-0.2, 0) is 0 Å². The van der Waals surface area contributed by atoms with Gasteiger partial charge in [0.15, 0.2) is 0 Å². The van der Waals surface area contributed by atoms with Gasteiger partial charge in [-0.1, -0.05) is 13.3 Å². The Balaban J connectivity index is 2.09. The normalized spacial score (nSPS) is 14.6. The zero-order chi connectivity index (χ0) is 12.3. The lowest BCUT2D eigenvalue weighted by molar-refractivity contribution is 0.0696. The second kappa shape index (κ2) is 5.17. The van der Waals surface area contributed by atoms with E-state index in [4.69, 9.17) is 5.11 Å². The van der Waals surface area contributed by atoms with Crippen LogP contribution in [0, 0.1) is 0 Å². The van der Waals surface area contributed by atoms with Crippen molar-refractivity contribution >= 4 is 11.8 Å². The van der Waals surface area contributed by atoms with Crippen molar-refractivity contribution in [3.63, 3.8) is 0 Å². The maximum absolute atomic E-state index is 10.7. The molecule has 1 fully saturated rings. The Labute approximate surface area is 101 Å². The highest BCUT2D eigenvalue weighted by Crippen LogP contribution is 2.30. The number of carboxylic acids is 1. The summed E-state index contributed by atoms with van der Waals surface area (Å²) < 4.78 is 0. The maximum Gasteiger partial charge on any atom is 0.337 e. The van der Waals surface area contributed by atoms with E-state index in [1.807, 2.05) is 6.07 Å². The van der Waals surface area contributed by atoms with Gasteiger partial charge in [-0.15, -0.1) is 0 Å². The Morgan fingerprint density at radius 2 is 2.29 bits per heavy atom. The first-order chi connectivity index (χ1) is 8.22. The van der Waals surface area contributed by atoms with Crippen molar-refractivity contribution in [2.75, 3.05) is 11.4 Å². The molecule has 1 aliphatic carbocycles. The van der Waals surface area contributed by atoms with Gasteiger partial charge in [0.05, 0.1) is 5.56 Å². The molecule has 1 aromatic heterocycles. The number of carbonyl (C=O) groups is 1. The van der Waals surface area contributed by atoms with Crippen LogP contribution in [-0.4, -0.2) is 28.6 Å². The minimum absolute atomic E-state index is 0.250. The summed E-state index contributed by atoms with van der Waals surface area (Å²) in [6, 6.07) is 4.06. The molecular weight excluding hydrogens is 216 g/mol. The second-order valence-corrected chi connectivity index (χ2v) is 4.49. The quantitative estimate of drug-likeness (QED) is 0.821. The lowest BCUT2D eigenvalue weighted by Crippen LogP contribution is -2.27. The van der Waals surface area contributed by atoms with E-state index in [0.29, 0.717) is 6.04 Å². The summed E-state index contributed by atoms with van der Waals surface area (Å²) in [5.74, 6) is -0.0125. The van der Waals surface area contributed by atoms with Crippen LogP contribution in [0.5, 0.6) is 0 Å². The van der Waals surface area contributed by atoms with E-state index in [1.54, 1.807) is 6.07 Å². The first-order valence-corrected chi connectivity index (χ1v) is 6.18. The minimum atomic E-state index is -0.921. The Morgan fingerprint density at radius 3 is 2.76 bits per heavy atom. The van der Waals surface area contributed by atoms with E-state index in [0.717, 1.165) is 25.2 Å². The number of pyridine rings is 1. The molecule has 1 heterocycles. The predicted molar refractivity (Wildman–Crippen MR) is 66.5 cm³/mol. The van der Waals surface area contributed by atoms with Crippen LogP contribution in [0.15, 0.2) is 18.3 Å². The van der Waals surface area contributed by atoms with Gasteiger partial charge in [-0.2, -0.15) is 0 Å². The lowest BCUT2D eigenvalue weighted by atomic mass is 10.2. The molecule has 1 N–H and O–H groups in total. The molecule has 0 saturated heterocycles. The largest absolute Gasteiger partial charge is 0.478 e. The second-order valence-electron chi connectivity index (χ2n) is 4.49. The smallest absolute Gasteiger partial charge is 0.337 e. The third kappa shape index (κ3) is 2.96. The molecule has 4 nitrogen and oxygen atoms in total. The van der Waals surface area contributed by atoms with E-state index in [9.17, 15) is 4.79 Å². The van der Waals surface area contributed by atoms with Crippen molar-refractivity contribution < 1.29 is 9.90 Å². The average Bonchev–Trinajstić information content (AvgIpc) is 3.14. The highest BCUT2D eigenvalue weighted by atomic mass is 16.4. The van der Waals surface area contributed by atoms with E-state index in [-0.39, 0.29) is 5.56 Å². The summed E-state index contributed by atoms with van der Waals surface area (Å²) in [6.07, 6.45) is 6.21. The van der Waals surface area contributed by atoms with Gasteiger partial charge in [0.25, 0.3) is 0 Å². The maximum atomic E-state index is 10.7. The van der Waals surface area contributed by atoms with Crippen molar-refractivity contribution in [3.8, 4) is 0 Å². The molecular formula is C13H18N2O2. The molecule has 4 heteroatoms. The van der Waals surface area contributed by atoms with Crippen molar-refractivity contribution in [1.82, 2.24) is 4.98 Å². The van der Waals surface area contributed by atoms with Crippen molar-refractivity contribution in [3.05, 3.63) is 23.9 Å². The summed E-state index contributed by atoms with van der Waals surface area (Å²) in [7, 11) is 0. The molecule has 0 radical (unpaired) electrons. The monoisotopic (exact) mass is 234 g/mol. The molecule has 92 valence electrons. The number of aromatic carboxylic acids is 1. The highest BCUT2D eigenvalue weighted by Gasteiger charge is 2.29. The molecule has 0 unspecified atom stereocenters. The third-order valence-corrected chi connectivity index (χ3v) is 3.03. The average molecular weight is 234 g/mol. The van der Waals surface area contributed by atoms with Crippen LogP contribution < -0.4 is 4.90 Å². The van der Waals surface area contributed by atoms with E-state index in [1.165, 1.54) is 19.0 Å². The molecule has 0 amide bonds. The molecule has 0 spiro atoms. The summed E-state index contributed by atoms with van der Waals surface area (Å²) >= 11 is 0. The standard InChI is InChI=1S/C13H18N2O2/c1-2-3-8-15(11-5-6-11)12-7-4-10(9-14-12)13(16)17/h4,7,9,11H,2-3,5-6,8H2,1H3,(H,16,17). The highest BCUT2D eigenvalue weighted by molar-refractivity contribution is 5.87. The van der Waals surface area contributed by atoms with Gasteiger partial charge in [-0.25, -0.2) is 9.78 Å². The van der Waals surface area contributed by atoms with Crippen molar-refractivity contribution in [2.24, 2.45) is 0 Å². The topological polar surface area (TPSA) is 53.4 Å². The van der Waals surface area contributed by atoms with Crippen LogP contribution in [0.4, 0.5) is 5.82 Å². The van der Waals surface area contributed by atoms with E-state index < -0.39 is 5.97 Å². The number of anilines is 1. The Morgan fingerprint density at radius 1 is 1.53 bits per heavy atom. The van der Waals surface area contributed by atoms with Gasteiger partial charge < -0.3 is 10.0 Å². The molecule has 0 aromatic carbocycles. The van der Waals surface area contributed by atoms with Gasteiger partial charge in [0.1, 0.15) is 5.82 Å². The number of hydrogen-bond donors (Lipinski definition) is 1. The van der Waals surface area contributed by atoms with Crippen LogP contribution >= 0.6 is 0 Å². The molecule has 2 rings (SSSR count). The van der Waals surface area contributed by atoms with Crippen LogP contribution in [0.2, 0.25) is 0 Å². The molecule has 17 heavy (non-hydrogen) atoms. The summed E-state index contributed by atoms with van der Waals surface area (Å²) in [5, 5.41) is 8.82. The first-order valence-electron chi connectivity index (χ1n) is 6.18. The Bertz CT molecular complexity index is 385. The molecule has 1 aromatic rings. The number of rotatable bonds is 6. The lowest BCUT2D eigenvalue weighted by Gasteiger charge is -2.23. The zero-order valence-corrected chi connectivity index (χ0v) is 10.1. The minimum Gasteiger partial charge on any atom is -0.478 e. The third-order valence-electron chi connectivity index (χ3n) is 3.03. The summed E-state index contributed by atoms with van der Waals surface area (Å²) in [5.41, 5.74) is 0.250. The van der Waals surface area contributed by atoms with Gasteiger partial charge in [-0.05, 0) is 31.4 Å². The SMILES string of the molecule is CCCCN(c1ccc(C(=O)O)cn1)C1CC1. The summed E-state index contributed by atoms with van der Waals surface area (Å²) in [6.45, 7) is 3.19. The molecule has 1 aliphatic rings. The van der Waals surface area contributed by atoms with Gasteiger partial charge in [-0.3, -0.25) is 0 Å². The summed E-state index contributed by atoms with van der Waals surface area (Å²) in [4.78, 5) is 17.3. The van der Waals surface area contributed by atoms with Gasteiger partial charge in [0.2, 0.25) is 0 Å².